The Kier molecular flexibility index (Phi) is 6.76. The molecular weight excluding hydrogens is 326 g/mol. The minimum Gasteiger partial charge on any atom is -0.450 e. The minimum atomic E-state index is -0.359. The van der Waals surface area contributed by atoms with Crippen molar-refractivity contribution in [1.82, 2.24) is 9.80 Å². The molecule has 1 saturated heterocycles. The van der Waals surface area contributed by atoms with Crippen molar-refractivity contribution in [2.24, 2.45) is 0 Å². The predicted molar refractivity (Wildman–Crippen MR) is 91.4 cm³/mol. The molecule has 1 aromatic rings. The third kappa shape index (κ3) is 4.93. The van der Waals surface area contributed by atoms with Gasteiger partial charge in [-0.1, -0.05) is 12.1 Å². The first kappa shape index (κ1) is 18.7. The van der Waals surface area contributed by atoms with Gasteiger partial charge in [-0.05, 0) is 19.1 Å². The van der Waals surface area contributed by atoms with Gasteiger partial charge < -0.3 is 24.6 Å². The number of nitrogens with zero attached hydrogens (tertiary/aromatic N) is 2. The second-order valence-electron chi connectivity index (χ2n) is 5.50. The molecule has 1 heterocycles. The van der Waals surface area contributed by atoms with Crippen LogP contribution in [0.25, 0.3) is 0 Å². The topological polar surface area (TPSA) is 88.2 Å². The number of benzene rings is 1. The Hall–Kier alpha value is -2.61. The summed E-state index contributed by atoms with van der Waals surface area (Å²) in [4.78, 5) is 39.5. The molecule has 1 aliphatic heterocycles. The molecule has 3 amide bonds. The standard InChI is InChI=1S/C17H23N3O5/c1-3-25-17(23)20-10-8-19(9-11-20)16(22)13-6-4-5-7-14(13)18-15(21)12-24-2/h4-7H,3,8-12H2,1-2H3,(H,18,21). The van der Waals surface area contributed by atoms with Crippen molar-refractivity contribution < 1.29 is 23.9 Å². The number of methoxy groups -OCH3 is 1. The lowest BCUT2D eigenvalue weighted by atomic mass is 10.1. The van der Waals surface area contributed by atoms with Crippen molar-refractivity contribution in [3.63, 3.8) is 0 Å². The molecule has 0 unspecified atom stereocenters. The highest BCUT2D eigenvalue weighted by atomic mass is 16.6. The van der Waals surface area contributed by atoms with Crippen LogP contribution in [-0.4, -0.2) is 74.2 Å². The summed E-state index contributed by atoms with van der Waals surface area (Å²) in [6.45, 7) is 3.67. The van der Waals surface area contributed by atoms with E-state index in [9.17, 15) is 14.4 Å². The van der Waals surface area contributed by atoms with E-state index in [1.54, 1.807) is 41.0 Å². The summed E-state index contributed by atoms with van der Waals surface area (Å²) in [6, 6.07) is 6.84. The zero-order chi connectivity index (χ0) is 18.2. The first-order valence-electron chi connectivity index (χ1n) is 8.15. The van der Waals surface area contributed by atoms with E-state index < -0.39 is 0 Å². The summed E-state index contributed by atoms with van der Waals surface area (Å²) in [7, 11) is 1.43. The number of hydrogen-bond donors (Lipinski definition) is 1. The van der Waals surface area contributed by atoms with Gasteiger partial charge >= 0.3 is 6.09 Å². The number of hydrogen-bond acceptors (Lipinski definition) is 5. The van der Waals surface area contributed by atoms with E-state index >= 15 is 0 Å². The zero-order valence-corrected chi connectivity index (χ0v) is 14.5. The number of ether oxygens (including phenoxy) is 2. The summed E-state index contributed by atoms with van der Waals surface area (Å²) in [6.07, 6.45) is -0.359. The van der Waals surface area contributed by atoms with Crippen molar-refractivity contribution >= 4 is 23.6 Å². The van der Waals surface area contributed by atoms with E-state index in [2.05, 4.69) is 5.32 Å². The summed E-state index contributed by atoms with van der Waals surface area (Å²) in [5.41, 5.74) is 0.860. The van der Waals surface area contributed by atoms with Crippen LogP contribution in [0.4, 0.5) is 10.5 Å². The quantitative estimate of drug-likeness (QED) is 0.862. The van der Waals surface area contributed by atoms with Crippen molar-refractivity contribution in [3.8, 4) is 0 Å². The van der Waals surface area contributed by atoms with Gasteiger partial charge in [-0.15, -0.1) is 0 Å². The second-order valence-corrected chi connectivity index (χ2v) is 5.50. The molecule has 0 radical (unpaired) electrons. The molecular formula is C17H23N3O5. The number of anilines is 1. The van der Waals surface area contributed by atoms with Crippen molar-refractivity contribution in [1.29, 1.82) is 0 Å². The Morgan fingerprint density at radius 2 is 1.72 bits per heavy atom. The molecule has 1 aliphatic rings. The molecule has 1 aromatic carbocycles. The highest BCUT2D eigenvalue weighted by Crippen LogP contribution is 2.18. The molecule has 8 nitrogen and oxygen atoms in total. The predicted octanol–water partition coefficient (Wildman–Crippen LogP) is 1.19. The van der Waals surface area contributed by atoms with Gasteiger partial charge in [0.1, 0.15) is 6.61 Å². The third-order valence-corrected chi connectivity index (χ3v) is 3.80. The van der Waals surface area contributed by atoms with Gasteiger partial charge in [-0.25, -0.2) is 4.79 Å². The number of amides is 3. The number of piperazine rings is 1. The van der Waals surface area contributed by atoms with E-state index in [1.165, 1.54) is 7.11 Å². The number of nitrogens with one attached hydrogen (secondary N) is 1. The summed E-state index contributed by atoms with van der Waals surface area (Å²) in [5.74, 6) is -0.508. The molecule has 0 aromatic heterocycles. The Bertz CT molecular complexity index is 626. The van der Waals surface area contributed by atoms with Crippen LogP contribution in [0.5, 0.6) is 0 Å². The van der Waals surface area contributed by atoms with Crippen molar-refractivity contribution in [2.75, 3.05) is 51.8 Å². The lowest BCUT2D eigenvalue weighted by Gasteiger charge is -2.34. The molecule has 0 atom stereocenters. The first-order valence-corrected chi connectivity index (χ1v) is 8.15. The SMILES string of the molecule is CCOC(=O)N1CCN(C(=O)c2ccccc2NC(=O)COC)CC1. The molecule has 0 bridgehead atoms. The van der Waals surface area contributed by atoms with Gasteiger partial charge in [0.05, 0.1) is 17.9 Å². The summed E-state index contributed by atoms with van der Waals surface area (Å²) >= 11 is 0. The molecule has 8 heteroatoms. The molecule has 0 spiro atoms. The van der Waals surface area contributed by atoms with E-state index in [0.717, 1.165) is 0 Å². The van der Waals surface area contributed by atoms with Crippen LogP contribution in [0, 0.1) is 0 Å². The Labute approximate surface area is 146 Å². The average Bonchev–Trinajstić information content (AvgIpc) is 2.62. The smallest absolute Gasteiger partial charge is 0.409 e. The van der Waals surface area contributed by atoms with Crippen LogP contribution in [-0.2, 0) is 14.3 Å². The van der Waals surface area contributed by atoms with E-state index in [0.29, 0.717) is 44.0 Å². The Morgan fingerprint density at radius 3 is 2.36 bits per heavy atom. The molecule has 1 fully saturated rings. The molecule has 2 rings (SSSR count). The zero-order valence-electron chi connectivity index (χ0n) is 14.5. The fourth-order valence-corrected chi connectivity index (χ4v) is 2.57. The lowest BCUT2D eigenvalue weighted by Crippen LogP contribution is -2.50. The van der Waals surface area contributed by atoms with Gasteiger partial charge in [0.25, 0.3) is 5.91 Å². The largest absolute Gasteiger partial charge is 0.450 e. The lowest BCUT2D eigenvalue weighted by molar-refractivity contribution is -0.119. The normalized spacial score (nSPS) is 14.2. The molecule has 25 heavy (non-hydrogen) atoms. The van der Waals surface area contributed by atoms with E-state index in [-0.39, 0.29) is 24.5 Å². The van der Waals surface area contributed by atoms with Gasteiger partial charge in [0, 0.05) is 33.3 Å². The molecule has 0 aliphatic carbocycles. The molecule has 136 valence electrons. The van der Waals surface area contributed by atoms with Crippen LogP contribution >= 0.6 is 0 Å². The average molecular weight is 349 g/mol. The van der Waals surface area contributed by atoms with Gasteiger partial charge in [0.15, 0.2) is 0 Å². The third-order valence-electron chi connectivity index (χ3n) is 3.80. The van der Waals surface area contributed by atoms with Crippen LogP contribution in [0.2, 0.25) is 0 Å². The van der Waals surface area contributed by atoms with Crippen LogP contribution in [0.3, 0.4) is 0 Å². The highest BCUT2D eigenvalue weighted by Gasteiger charge is 2.26. The minimum absolute atomic E-state index is 0.0826. The second kappa shape index (κ2) is 9.03. The maximum Gasteiger partial charge on any atom is 0.409 e. The van der Waals surface area contributed by atoms with Gasteiger partial charge in [-0.2, -0.15) is 0 Å². The fraction of sp³-hybridized carbons (Fsp3) is 0.471. The van der Waals surface area contributed by atoms with Crippen LogP contribution in [0.15, 0.2) is 24.3 Å². The number of para-hydroxylation sites is 1. The first-order chi connectivity index (χ1) is 12.1. The molecule has 1 N–H and O–H groups in total. The highest BCUT2D eigenvalue weighted by molar-refractivity contribution is 6.04. The number of carbonyl (C=O) groups is 3. The van der Waals surface area contributed by atoms with Crippen molar-refractivity contribution in [2.45, 2.75) is 6.92 Å². The van der Waals surface area contributed by atoms with Crippen molar-refractivity contribution in [3.05, 3.63) is 29.8 Å². The van der Waals surface area contributed by atoms with E-state index in [4.69, 9.17) is 9.47 Å². The summed E-state index contributed by atoms with van der Waals surface area (Å²) < 4.78 is 9.76. The van der Waals surface area contributed by atoms with Gasteiger partial charge in [0.2, 0.25) is 5.91 Å². The maximum atomic E-state index is 12.8. The monoisotopic (exact) mass is 349 g/mol. The maximum absolute atomic E-state index is 12.8. The van der Waals surface area contributed by atoms with E-state index in [1.807, 2.05) is 0 Å². The fourth-order valence-electron chi connectivity index (χ4n) is 2.57. The number of rotatable bonds is 5. The molecule has 0 saturated carbocycles. The number of carbonyl (C=O) groups excluding carboxylic acids is 3. The van der Waals surface area contributed by atoms with Gasteiger partial charge in [-0.3, -0.25) is 9.59 Å². The Balaban J connectivity index is 2.02. The van der Waals surface area contributed by atoms with Crippen LogP contribution < -0.4 is 5.32 Å². The Morgan fingerprint density at radius 1 is 1.08 bits per heavy atom. The summed E-state index contributed by atoms with van der Waals surface area (Å²) in [5, 5.41) is 2.68. The van der Waals surface area contributed by atoms with Crippen LogP contribution in [0.1, 0.15) is 17.3 Å².